The summed E-state index contributed by atoms with van der Waals surface area (Å²) in [5.74, 6) is -0.306. The fourth-order valence-electron chi connectivity index (χ4n) is 2.63. The van der Waals surface area contributed by atoms with Crippen LogP contribution in [0.4, 0.5) is 0 Å². The van der Waals surface area contributed by atoms with Crippen molar-refractivity contribution in [3.8, 4) is 0 Å². The minimum Gasteiger partial charge on any atom is -0.339 e. The first-order valence-electron chi connectivity index (χ1n) is 6.91. The van der Waals surface area contributed by atoms with E-state index in [0.717, 1.165) is 5.56 Å². The van der Waals surface area contributed by atoms with Crippen molar-refractivity contribution in [2.75, 3.05) is 6.54 Å². The van der Waals surface area contributed by atoms with E-state index in [4.69, 9.17) is 11.6 Å². The zero-order valence-corrected chi connectivity index (χ0v) is 12.9. The third kappa shape index (κ3) is 3.27. The van der Waals surface area contributed by atoms with Crippen molar-refractivity contribution in [2.24, 2.45) is 5.92 Å². The highest BCUT2D eigenvalue weighted by atomic mass is 35.5. The second-order valence-electron chi connectivity index (χ2n) is 5.52. The molecule has 2 rings (SSSR count). The predicted molar refractivity (Wildman–Crippen MR) is 82.7 cm³/mol. The lowest BCUT2D eigenvalue weighted by molar-refractivity contribution is -0.150. The van der Waals surface area contributed by atoms with Gasteiger partial charge in [-0.3, -0.25) is 9.59 Å². The maximum atomic E-state index is 12.7. The number of piperazine rings is 1. The summed E-state index contributed by atoms with van der Waals surface area (Å²) in [6, 6.07) is 8.02. The molecule has 1 aliphatic heterocycles. The van der Waals surface area contributed by atoms with E-state index in [9.17, 15) is 9.59 Å². The van der Waals surface area contributed by atoms with Crippen molar-refractivity contribution in [1.29, 1.82) is 0 Å². The summed E-state index contributed by atoms with van der Waals surface area (Å²) >= 11 is 5.87. The predicted octanol–water partition coefficient (Wildman–Crippen LogP) is 2.46. The minimum atomic E-state index is -0.662. The van der Waals surface area contributed by atoms with Crippen molar-refractivity contribution >= 4 is 23.4 Å². The van der Waals surface area contributed by atoms with E-state index >= 15 is 0 Å². The van der Waals surface area contributed by atoms with Gasteiger partial charge in [-0.2, -0.15) is 0 Å². The van der Waals surface area contributed by atoms with E-state index in [1.165, 1.54) is 4.90 Å². The van der Waals surface area contributed by atoms with Crippen LogP contribution in [0.1, 0.15) is 25.5 Å². The molecule has 1 heterocycles. The summed E-state index contributed by atoms with van der Waals surface area (Å²) < 4.78 is 0. The number of amides is 2. The molecule has 0 saturated carbocycles. The molecule has 1 saturated heterocycles. The van der Waals surface area contributed by atoms with Gasteiger partial charge in [0, 0.05) is 5.03 Å². The number of hydrogen-bond donors (Lipinski definition) is 1. The van der Waals surface area contributed by atoms with Crippen molar-refractivity contribution in [1.82, 2.24) is 10.2 Å². The molecule has 2 unspecified atom stereocenters. The number of nitrogens with one attached hydrogen (secondary N) is 1. The topological polar surface area (TPSA) is 49.4 Å². The fraction of sp³-hybridized carbons (Fsp3) is 0.375. The summed E-state index contributed by atoms with van der Waals surface area (Å²) in [5.41, 5.74) is 0.767. The summed E-state index contributed by atoms with van der Waals surface area (Å²) in [5, 5.41) is 3.16. The van der Waals surface area contributed by atoms with Crippen LogP contribution in [-0.2, 0) is 9.59 Å². The number of hydrogen-bond acceptors (Lipinski definition) is 2. The number of carbonyl (C=O) groups is 2. The Labute approximate surface area is 129 Å². The highest BCUT2D eigenvalue weighted by Crippen LogP contribution is 2.26. The van der Waals surface area contributed by atoms with Crippen LogP contribution >= 0.6 is 11.6 Å². The van der Waals surface area contributed by atoms with Gasteiger partial charge in [0.25, 0.3) is 5.91 Å². The van der Waals surface area contributed by atoms with Gasteiger partial charge in [-0.05, 0) is 11.5 Å². The Bertz CT molecular complexity index is 557. The molecule has 5 heteroatoms. The quantitative estimate of drug-likeness (QED) is 0.929. The maximum Gasteiger partial charge on any atom is 0.250 e. The molecule has 4 nitrogen and oxygen atoms in total. The highest BCUT2D eigenvalue weighted by molar-refractivity contribution is 6.29. The molecule has 1 aromatic carbocycles. The number of rotatable bonds is 4. The molecular formula is C16H19ClN2O2. The SMILES string of the molecule is C=C(Cl)CN1C(=O)C(c2ccccc2)NC(=O)C1C(C)C. The molecule has 21 heavy (non-hydrogen) atoms. The molecule has 0 aromatic heterocycles. The van der Waals surface area contributed by atoms with E-state index in [-0.39, 0.29) is 24.3 Å². The van der Waals surface area contributed by atoms with Crippen molar-refractivity contribution in [3.05, 3.63) is 47.5 Å². The second-order valence-corrected chi connectivity index (χ2v) is 6.06. The lowest BCUT2D eigenvalue weighted by Gasteiger charge is -2.40. The average molecular weight is 307 g/mol. The van der Waals surface area contributed by atoms with E-state index < -0.39 is 12.1 Å². The van der Waals surface area contributed by atoms with Crippen molar-refractivity contribution < 1.29 is 9.59 Å². The molecule has 0 spiro atoms. The van der Waals surface area contributed by atoms with Gasteiger partial charge in [0.15, 0.2) is 0 Å². The van der Waals surface area contributed by atoms with E-state index in [1.54, 1.807) is 0 Å². The Kier molecular flexibility index (Phi) is 4.68. The molecule has 1 aliphatic rings. The van der Waals surface area contributed by atoms with Gasteiger partial charge >= 0.3 is 0 Å². The molecule has 1 N–H and O–H groups in total. The van der Waals surface area contributed by atoms with E-state index in [2.05, 4.69) is 11.9 Å². The van der Waals surface area contributed by atoms with Crippen LogP contribution < -0.4 is 5.32 Å². The zero-order chi connectivity index (χ0) is 15.6. The summed E-state index contributed by atoms with van der Waals surface area (Å²) in [6.07, 6.45) is 0. The molecular weight excluding hydrogens is 288 g/mol. The molecule has 0 radical (unpaired) electrons. The Balaban J connectivity index is 2.35. The van der Waals surface area contributed by atoms with Crippen LogP contribution in [0.25, 0.3) is 0 Å². The van der Waals surface area contributed by atoms with Crippen molar-refractivity contribution in [3.63, 3.8) is 0 Å². The van der Waals surface area contributed by atoms with Gasteiger partial charge in [-0.15, -0.1) is 0 Å². The fourth-order valence-corrected chi connectivity index (χ4v) is 2.76. The van der Waals surface area contributed by atoms with Gasteiger partial charge in [-0.1, -0.05) is 62.4 Å². The van der Waals surface area contributed by atoms with Crippen LogP contribution in [0, 0.1) is 5.92 Å². The minimum absolute atomic E-state index is 0.00156. The van der Waals surface area contributed by atoms with Crippen LogP contribution in [0.15, 0.2) is 41.9 Å². The van der Waals surface area contributed by atoms with Gasteiger partial charge in [0.1, 0.15) is 12.1 Å². The Morgan fingerprint density at radius 2 is 1.95 bits per heavy atom. The second kappa shape index (κ2) is 6.31. The Morgan fingerprint density at radius 1 is 1.33 bits per heavy atom. The van der Waals surface area contributed by atoms with Gasteiger partial charge in [0.05, 0.1) is 6.54 Å². The molecule has 0 bridgehead atoms. The molecule has 1 fully saturated rings. The van der Waals surface area contributed by atoms with Gasteiger partial charge < -0.3 is 10.2 Å². The highest BCUT2D eigenvalue weighted by Gasteiger charge is 2.42. The summed E-state index contributed by atoms with van der Waals surface area (Å²) in [4.78, 5) is 26.6. The van der Waals surface area contributed by atoms with E-state index in [1.807, 2.05) is 44.2 Å². The first kappa shape index (κ1) is 15.6. The Morgan fingerprint density at radius 3 is 2.48 bits per heavy atom. The molecule has 0 aliphatic carbocycles. The largest absolute Gasteiger partial charge is 0.339 e. The van der Waals surface area contributed by atoms with Gasteiger partial charge in [-0.25, -0.2) is 0 Å². The smallest absolute Gasteiger partial charge is 0.250 e. The maximum absolute atomic E-state index is 12.7. The monoisotopic (exact) mass is 306 g/mol. The van der Waals surface area contributed by atoms with Crippen molar-refractivity contribution in [2.45, 2.75) is 25.9 Å². The van der Waals surface area contributed by atoms with E-state index in [0.29, 0.717) is 5.03 Å². The first-order valence-corrected chi connectivity index (χ1v) is 7.28. The normalized spacial score (nSPS) is 22.4. The summed E-state index contributed by atoms with van der Waals surface area (Å²) in [6.45, 7) is 7.63. The Hall–Kier alpha value is -1.81. The number of halogens is 1. The molecule has 1 aromatic rings. The lowest BCUT2D eigenvalue weighted by atomic mass is 9.94. The zero-order valence-electron chi connectivity index (χ0n) is 12.2. The average Bonchev–Trinajstić information content (AvgIpc) is 2.42. The third-order valence-electron chi connectivity index (χ3n) is 3.53. The number of carbonyl (C=O) groups excluding carboxylic acids is 2. The number of nitrogens with zero attached hydrogens (tertiary/aromatic N) is 1. The molecule has 2 amide bonds. The van der Waals surface area contributed by atoms with Gasteiger partial charge in [0.2, 0.25) is 5.91 Å². The summed E-state index contributed by atoms with van der Waals surface area (Å²) in [7, 11) is 0. The molecule has 112 valence electrons. The first-order chi connectivity index (χ1) is 9.91. The van der Waals surface area contributed by atoms with Crippen LogP contribution in [0.2, 0.25) is 0 Å². The van der Waals surface area contributed by atoms with Crippen LogP contribution in [0.5, 0.6) is 0 Å². The lowest BCUT2D eigenvalue weighted by Crippen LogP contribution is -2.61. The standard InChI is InChI=1S/C16H19ClN2O2/c1-10(2)14-15(20)18-13(12-7-5-4-6-8-12)16(21)19(14)9-11(3)17/h4-8,10,13-14H,3,9H2,1-2H3,(H,18,20). The molecule has 2 atom stereocenters. The van der Waals surface area contributed by atoms with Crippen LogP contribution in [-0.4, -0.2) is 29.3 Å². The van der Waals surface area contributed by atoms with Crippen LogP contribution in [0.3, 0.4) is 0 Å². The third-order valence-corrected chi connectivity index (χ3v) is 3.65. The number of benzene rings is 1.